The molecule has 4 heterocycles. The van der Waals surface area contributed by atoms with E-state index in [1.165, 1.54) is 24.4 Å². The maximum Gasteiger partial charge on any atom is 0.419 e. The highest BCUT2D eigenvalue weighted by Crippen LogP contribution is 2.36. The monoisotopic (exact) mass is 549 g/mol. The van der Waals surface area contributed by atoms with Gasteiger partial charge in [-0.05, 0) is 44.2 Å². The van der Waals surface area contributed by atoms with Gasteiger partial charge in [-0.15, -0.1) is 0 Å². The molecule has 5 rings (SSSR count). The number of benzene rings is 1. The number of alkyl halides is 3. The highest BCUT2D eigenvalue weighted by Gasteiger charge is 2.36. The van der Waals surface area contributed by atoms with Gasteiger partial charge in [0, 0.05) is 69.2 Å². The van der Waals surface area contributed by atoms with Crippen molar-refractivity contribution >= 4 is 29.2 Å². The number of piperazine rings is 2. The maximum atomic E-state index is 13.9. The van der Waals surface area contributed by atoms with Crippen LogP contribution in [0.15, 0.2) is 42.6 Å². The molecule has 2 fully saturated rings. The zero-order valence-corrected chi connectivity index (χ0v) is 21.8. The largest absolute Gasteiger partial charge is 0.419 e. The SMILES string of the molecule is C[C@@H]1CN(c2nc(-c3ccc(F)c(Cl)c3)cc(N3CCN(c4ncccc4C(F)(F)F)CC3)n2)[C@@H](C)CN1. The van der Waals surface area contributed by atoms with Crippen LogP contribution in [0, 0.1) is 5.82 Å². The number of nitrogens with one attached hydrogen (secondary N) is 1. The van der Waals surface area contributed by atoms with Crippen LogP contribution in [0.3, 0.4) is 0 Å². The quantitative estimate of drug-likeness (QED) is 0.466. The molecule has 1 aromatic carbocycles. The van der Waals surface area contributed by atoms with Gasteiger partial charge in [0.1, 0.15) is 17.5 Å². The lowest BCUT2D eigenvalue weighted by atomic mass is 10.1. The van der Waals surface area contributed by atoms with Gasteiger partial charge in [0.2, 0.25) is 5.95 Å². The molecule has 2 aromatic heterocycles. The molecule has 0 radical (unpaired) electrons. The third kappa shape index (κ3) is 5.49. The summed E-state index contributed by atoms with van der Waals surface area (Å²) in [5.41, 5.74) is 0.505. The minimum atomic E-state index is -4.48. The van der Waals surface area contributed by atoms with E-state index >= 15 is 0 Å². The zero-order valence-electron chi connectivity index (χ0n) is 21.0. The number of anilines is 3. The van der Waals surface area contributed by atoms with Crippen LogP contribution in [0.4, 0.5) is 35.1 Å². The number of nitrogens with zero attached hydrogens (tertiary/aromatic N) is 6. The third-order valence-corrected chi connectivity index (χ3v) is 7.22. The third-order valence-electron chi connectivity index (χ3n) is 6.93. The highest BCUT2D eigenvalue weighted by atomic mass is 35.5. The second-order valence-corrected chi connectivity index (χ2v) is 10.1. The van der Waals surface area contributed by atoms with Crippen molar-refractivity contribution in [1.29, 1.82) is 0 Å². The first-order valence-corrected chi connectivity index (χ1v) is 12.8. The minimum absolute atomic E-state index is 0.00202. The van der Waals surface area contributed by atoms with Crippen LogP contribution in [0.5, 0.6) is 0 Å². The molecule has 3 aromatic rings. The van der Waals surface area contributed by atoms with Crippen LogP contribution in [0.2, 0.25) is 5.02 Å². The van der Waals surface area contributed by atoms with Gasteiger partial charge < -0.3 is 20.0 Å². The predicted molar refractivity (Wildman–Crippen MR) is 140 cm³/mol. The number of halogens is 5. The molecular weight excluding hydrogens is 522 g/mol. The van der Waals surface area contributed by atoms with Crippen molar-refractivity contribution in [1.82, 2.24) is 20.3 Å². The van der Waals surface area contributed by atoms with Crippen molar-refractivity contribution in [3.05, 3.63) is 59.0 Å². The second kappa shape index (κ2) is 10.5. The van der Waals surface area contributed by atoms with E-state index in [0.29, 0.717) is 55.7 Å². The molecule has 0 aliphatic carbocycles. The summed E-state index contributed by atoms with van der Waals surface area (Å²) in [5, 5.41) is 3.44. The minimum Gasteiger partial charge on any atom is -0.353 e. The van der Waals surface area contributed by atoms with E-state index in [2.05, 4.69) is 29.0 Å². The number of hydrogen-bond acceptors (Lipinski definition) is 7. The fraction of sp³-hybridized carbons (Fsp3) is 0.423. The Bertz CT molecular complexity index is 1300. The topological polar surface area (TPSA) is 60.4 Å². The molecule has 0 bridgehead atoms. The summed E-state index contributed by atoms with van der Waals surface area (Å²) in [4.78, 5) is 19.5. The molecule has 7 nitrogen and oxygen atoms in total. The molecule has 38 heavy (non-hydrogen) atoms. The van der Waals surface area contributed by atoms with Gasteiger partial charge in [-0.25, -0.2) is 14.4 Å². The molecule has 2 aliphatic heterocycles. The Morgan fingerprint density at radius 1 is 1.00 bits per heavy atom. The van der Waals surface area contributed by atoms with Gasteiger partial charge >= 0.3 is 6.18 Å². The molecule has 2 atom stereocenters. The Labute approximate surface area is 223 Å². The van der Waals surface area contributed by atoms with Crippen molar-refractivity contribution in [2.75, 3.05) is 54.0 Å². The number of hydrogen-bond donors (Lipinski definition) is 1. The van der Waals surface area contributed by atoms with Crippen LogP contribution < -0.4 is 20.0 Å². The molecule has 202 valence electrons. The zero-order chi connectivity index (χ0) is 27.0. The first-order valence-electron chi connectivity index (χ1n) is 12.5. The van der Waals surface area contributed by atoms with E-state index in [4.69, 9.17) is 21.6 Å². The van der Waals surface area contributed by atoms with Gasteiger partial charge in [0.15, 0.2) is 0 Å². The summed E-state index contributed by atoms with van der Waals surface area (Å²) in [6.45, 7) is 7.25. The molecule has 0 unspecified atom stereocenters. The fourth-order valence-corrected chi connectivity index (χ4v) is 5.01. The van der Waals surface area contributed by atoms with Gasteiger partial charge in [0.05, 0.1) is 16.3 Å². The second-order valence-electron chi connectivity index (χ2n) is 9.70. The highest BCUT2D eigenvalue weighted by molar-refractivity contribution is 6.31. The Morgan fingerprint density at radius 2 is 1.74 bits per heavy atom. The first-order chi connectivity index (χ1) is 18.1. The Hall–Kier alpha value is -3.18. The van der Waals surface area contributed by atoms with Gasteiger partial charge in [-0.3, -0.25) is 0 Å². The number of rotatable bonds is 4. The fourth-order valence-electron chi connectivity index (χ4n) is 4.83. The van der Waals surface area contributed by atoms with Crippen LogP contribution in [-0.4, -0.2) is 66.3 Å². The van der Waals surface area contributed by atoms with Crippen molar-refractivity contribution in [2.45, 2.75) is 32.1 Å². The van der Waals surface area contributed by atoms with Crippen molar-refractivity contribution in [3.63, 3.8) is 0 Å². The lowest BCUT2D eigenvalue weighted by molar-refractivity contribution is -0.137. The van der Waals surface area contributed by atoms with Crippen molar-refractivity contribution < 1.29 is 17.6 Å². The van der Waals surface area contributed by atoms with E-state index in [1.807, 2.05) is 11.0 Å². The summed E-state index contributed by atoms with van der Waals surface area (Å²) >= 11 is 6.06. The van der Waals surface area contributed by atoms with E-state index in [0.717, 1.165) is 12.6 Å². The van der Waals surface area contributed by atoms with Crippen LogP contribution in [0.25, 0.3) is 11.3 Å². The molecule has 0 saturated carbocycles. The molecule has 2 saturated heterocycles. The van der Waals surface area contributed by atoms with Crippen molar-refractivity contribution in [3.8, 4) is 11.3 Å². The summed E-state index contributed by atoms with van der Waals surface area (Å²) in [5.74, 6) is 0.623. The number of aromatic nitrogens is 3. The molecule has 2 aliphatic rings. The summed E-state index contributed by atoms with van der Waals surface area (Å²) in [6, 6.07) is 9.03. The standard InChI is InChI=1S/C26H28ClF4N7/c1-16-15-38(17(2)14-33-16)25-34-22(18-5-6-21(28)20(27)12-18)13-23(35-25)36-8-10-37(11-9-36)24-19(26(29,30)31)4-3-7-32-24/h3-7,12-13,16-17,33H,8-11,14-15H2,1-2H3/t16-,17+/m1/s1. The van der Waals surface area contributed by atoms with Gasteiger partial charge in [0.25, 0.3) is 0 Å². The smallest absolute Gasteiger partial charge is 0.353 e. The summed E-state index contributed by atoms with van der Waals surface area (Å²) in [6.07, 6.45) is -3.10. The maximum absolute atomic E-state index is 13.9. The average molecular weight is 550 g/mol. The normalized spacial score (nSPS) is 20.7. The summed E-state index contributed by atoms with van der Waals surface area (Å²) in [7, 11) is 0. The van der Waals surface area contributed by atoms with E-state index in [-0.39, 0.29) is 22.9 Å². The Kier molecular flexibility index (Phi) is 7.32. The van der Waals surface area contributed by atoms with Gasteiger partial charge in [-0.1, -0.05) is 11.6 Å². The Morgan fingerprint density at radius 3 is 2.45 bits per heavy atom. The predicted octanol–water partition coefficient (Wildman–Crippen LogP) is 4.86. The van der Waals surface area contributed by atoms with Crippen LogP contribution in [-0.2, 0) is 6.18 Å². The van der Waals surface area contributed by atoms with Crippen molar-refractivity contribution in [2.24, 2.45) is 0 Å². The van der Waals surface area contributed by atoms with E-state index < -0.39 is 17.6 Å². The molecular formula is C26H28ClF4N7. The first kappa shape index (κ1) is 26.4. The molecule has 12 heteroatoms. The molecule has 0 amide bonds. The lowest BCUT2D eigenvalue weighted by Gasteiger charge is -2.39. The van der Waals surface area contributed by atoms with Gasteiger partial charge in [-0.2, -0.15) is 18.2 Å². The Balaban J connectivity index is 1.45. The lowest BCUT2D eigenvalue weighted by Crippen LogP contribution is -2.55. The molecule has 0 spiro atoms. The number of pyridine rings is 1. The van der Waals surface area contributed by atoms with Crippen LogP contribution >= 0.6 is 11.6 Å². The van der Waals surface area contributed by atoms with E-state index in [1.54, 1.807) is 11.0 Å². The average Bonchev–Trinajstić information content (AvgIpc) is 2.91. The van der Waals surface area contributed by atoms with Crippen LogP contribution in [0.1, 0.15) is 19.4 Å². The van der Waals surface area contributed by atoms with E-state index in [9.17, 15) is 17.6 Å². The summed E-state index contributed by atoms with van der Waals surface area (Å²) < 4.78 is 54.5. The molecule has 1 N–H and O–H groups in total.